The van der Waals surface area contributed by atoms with E-state index >= 15 is 0 Å². The predicted octanol–water partition coefficient (Wildman–Crippen LogP) is 1.39. The molecule has 1 heterocycles. The number of hydrogen-bond donors (Lipinski definition) is 1. The summed E-state index contributed by atoms with van der Waals surface area (Å²) < 4.78 is 1.85. The molecule has 0 bridgehead atoms. The van der Waals surface area contributed by atoms with Gasteiger partial charge in [-0.05, 0) is 13.8 Å². The summed E-state index contributed by atoms with van der Waals surface area (Å²) in [4.78, 5) is 0. The minimum absolute atomic E-state index is 0.378. The highest BCUT2D eigenvalue weighted by Gasteiger charge is 2.01. The zero-order chi connectivity index (χ0) is 8.43. The molecule has 11 heavy (non-hydrogen) atoms. The van der Waals surface area contributed by atoms with Gasteiger partial charge in [-0.1, -0.05) is 6.58 Å². The van der Waals surface area contributed by atoms with E-state index in [2.05, 4.69) is 25.5 Å². The van der Waals surface area contributed by atoms with Crippen LogP contribution >= 0.6 is 0 Å². The molecule has 0 saturated heterocycles. The molecule has 0 radical (unpaired) electrons. The van der Waals surface area contributed by atoms with Crippen LogP contribution in [0, 0.1) is 0 Å². The number of aromatic nitrogens is 2. The molecule has 0 saturated carbocycles. The van der Waals surface area contributed by atoms with Gasteiger partial charge in [0.05, 0.1) is 6.20 Å². The lowest BCUT2D eigenvalue weighted by Crippen LogP contribution is -2.00. The normalized spacial score (nSPS) is 10.5. The van der Waals surface area contributed by atoms with Gasteiger partial charge in [-0.25, -0.2) is 0 Å². The van der Waals surface area contributed by atoms with Gasteiger partial charge in [0, 0.05) is 23.5 Å². The first-order chi connectivity index (χ1) is 5.11. The number of hydrogen-bond acceptors (Lipinski definition) is 2. The van der Waals surface area contributed by atoms with Crippen molar-refractivity contribution in [2.45, 2.75) is 19.9 Å². The summed E-state index contributed by atoms with van der Waals surface area (Å²) in [5.41, 5.74) is 6.95. The molecule has 0 aliphatic carbocycles. The Morgan fingerprint density at radius 1 is 1.73 bits per heavy atom. The van der Waals surface area contributed by atoms with Gasteiger partial charge in [0.25, 0.3) is 0 Å². The van der Waals surface area contributed by atoms with Crippen LogP contribution in [0.25, 0.3) is 5.70 Å². The lowest BCUT2D eigenvalue weighted by atomic mass is 10.3. The fourth-order valence-corrected chi connectivity index (χ4v) is 0.786. The average Bonchev–Trinajstić information content (AvgIpc) is 2.33. The van der Waals surface area contributed by atoms with Gasteiger partial charge < -0.3 is 5.73 Å². The molecule has 1 rings (SSSR count). The molecule has 0 aromatic carbocycles. The Morgan fingerprint density at radius 2 is 2.36 bits per heavy atom. The van der Waals surface area contributed by atoms with Gasteiger partial charge in [-0.2, -0.15) is 5.10 Å². The third-order valence-electron chi connectivity index (χ3n) is 1.50. The van der Waals surface area contributed by atoms with E-state index in [9.17, 15) is 0 Å². The van der Waals surface area contributed by atoms with Crippen LogP contribution in [0.15, 0.2) is 19.0 Å². The first-order valence-corrected chi connectivity index (χ1v) is 3.60. The first-order valence-electron chi connectivity index (χ1n) is 3.60. The van der Waals surface area contributed by atoms with Crippen molar-refractivity contribution in [3.63, 3.8) is 0 Å². The van der Waals surface area contributed by atoms with E-state index in [0.29, 0.717) is 11.7 Å². The highest BCUT2D eigenvalue weighted by molar-refractivity contribution is 5.58. The Balaban J connectivity index is 2.90. The molecule has 0 atom stereocenters. The third kappa shape index (κ3) is 1.61. The Bertz CT molecular complexity index is 260. The summed E-state index contributed by atoms with van der Waals surface area (Å²) in [5, 5.41) is 4.11. The number of rotatable bonds is 2. The Hall–Kier alpha value is -1.25. The smallest absolute Gasteiger partial charge is 0.0582 e. The second-order valence-corrected chi connectivity index (χ2v) is 2.83. The minimum Gasteiger partial charge on any atom is -0.399 e. The van der Waals surface area contributed by atoms with Gasteiger partial charge >= 0.3 is 0 Å². The number of nitrogens with zero attached hydrogens (tertiary/aromatic N) is 2. The van der Waals surface area contributed by atoms with Crippen LogP contribution in [-0.2, 0) is 0 Å². The Labute approximate surface area is 66.5 Å². The fourth-order valence-electron chi connectivity index (χ4n) is 0.786. The van der Waals surface area contributed by atoms with Crippen LogP contribution in [0.3, 0.4) is 0 Å². The van der Waals surface area contributed by atoms with Crippen LogP contribution in [-0.4, -0.2) is 9.78 Å². The molecule has 2 N–H and O–H groups in total. The van der Waals surface area contributed by atoms with Gasteiger partial charge in [0.2, 0.25) is 0 Å². The Morgan fingerprint density at radius 3 is 2.64 bits per heavy atom. The van der Waals surface area contributed by atoms with Crippen LogP contribution < -0.4 is 5.73 Å². The lowest BCUT2D eigenvalue weighted by molar-refractivity contribution is 0.532. The fraction of sp³-hybridized carbons (Fsp3) is 0.375. The van der Waals surface area contributed by atoms with E-state index in [1.807, 2.05) is 10.9 Å². The molecule has 60 valence electrons. The van der Waals surface area contributed by atoms with E-state index in [0.717, 1.165) is 5.56 Å². The van der Waals surface area contributed by atoms with Crippen molar-refractivity contribution < 1.29 is 0 Å². The van der Waals surface area contributed by atoms with Crippen LogP contribution in [0.1, 0.15) is 25.5 Å². The predicted molar refractivity (Wildman–Crippen MR) is 45.8 cm³/mol. The maximum absolute atomic E-state index is 5.48. The summed E-state index contributed by atoms with van der Waals surface area (Å²) in [6.07, 6.45) is 3.62. The molecule has 1 aromatic rings. The second-order valence-electron chi connectivity index (χ2n) is 2.83. The molecule has 0 aliphatic heterocycles. The standard InChI is InChI=1S/C8H13N3/c1-6(2)11-5-8(4-10-11)7(3)9/h4-6H,3,9H2,1-2H3. The molecule has 0 unspecified atom stereocenters. The Kier molecular flexibility index (Phi) is 1.98. The lowest BCUT2D eigenvalue weighted by Gasteiger charge is -2.02. The molecule has 0 amide bonds. The maximum Gasteiger partial charge on any atom is 0.0582 e. The van der Waals surface area contributed by atoms with Gasteiger partial charge in [-0.3, -0.25) is 4.68 Å². The minimum atomic E-state index is 0.378. The van der Waals surface area contributed by atoms with Crippen molar-refractivity contribution >= 4 is 5.70 Å². The first kappa shape index (κ1) is 7.85. The monoisotopic (exact) mass is 151 g/mol. The van der Waals surface area contributed by atoms with E-state index in [1.165, 1.54) is 0 Å². The molecule has 0 fully saturated rings. The molecule has 3 heteroatoms. The highest BCUT2D eigenvalue weighted by atomic mass is 15.3. The average molecular weight is 151 g/mol. The largest absolute Gasteiger partial charge is 0.399 e. The maximum atomic E-state index is 5.48. The van der Waals surface area contributed by atoms with Crippen molar-refractivity contribution in [1.82, 2.24) is 9.78 Å². The van der Waals surface area contributed by atoms with Crippen molar-refractivity contribution in [1.29, 1.82) is 0 Å². The number of nitrogens with two attached hydrogens (primary N) is 1. The van der Waals surface area contributed by atoms with Crippen LogP contribution in [0.2, 0.25) is 0 Å². The summed E-state index contributed by atoms with van der Waals surface area (Å²) in [7, 11) is 0. The molecule has 1 aromatic heterocycles. The molecule has 0 spiro atoms. The van der Waals surface area contributed by atoms with Crippen molar-refractivity contribution in [3.8, 4) is 0 Å². The SMILES string of the molecule is C=C(N)c1cnn(C(C)C)c1. The molecular formula is C8H13N3. The van der Waals surface area contributed by atoms with Gasteiger partial charge in [0.15, 0.2) is 0 Å². The van der Waals surface area contributed by atoms with E-state index in [1.54, 1.807) is 6.20 Å². The quantitative estimate of drug-likeness (QED) is 0.694. The second kappa shape index (κ2) is 2.78. The van der Waals surface area contributed by atoms with Crippen molar-refractivity contribution in [2.24, 2.45) is 5.73 Å². The highest BCUT2D eigenvalue weighted by Crippen LogP contribution is 2.08. The zero-order valence-electron chi connectivity index (χ0n) is 6.91. The van der Waals surface area contributed by atoms with Crippen LogP contribution in [0.4, 0.5) is 0 Å². The van der Waals surface area contributed by atoms with Crippen LogP contribution in [0.5, 0.6) is 0 Å². The topological polar surface area (TPSA) is 43.8 Å². The molecular weight excluding hydrogens is 138 g/mol. The zero-order valence-corrected chi connectivity index (χ0v) is 6.91. The molecule has 3 nitrogen and oxygen atoms in total. The van der Waals surface area contributed by atoms with E-state index in [-0.39, 0.29) is 0 Å². The van der Waals surface area contributed by atoms with E-state index < -0.39 is 0 Å². The van der Waals surface area contributed by atoms with Crippen molar-refractivity contribution in [3.05, 3.63) is 24.5 Å². The third-order valence-corrected chi connectivity index (χ3v) is 1.50. The summed E-state index contributed by atoms with van der Waals surface area (Å²) in [6, 6.07) is 0.378. The van der Waals surface area contributed by atoms with Gasteiger partial charge in [-0.15, -0.1) is 0 Å². The van der Waals surface area contributed by atoms with E-state index in [4.69, 9.17) is 5.73 Å². The summed E-state index contributed by atoms with van der Waals surface area (Å²) in [6.45, 7) is 7.75. The van der Waals surface area contributed by atoms with Gasteiger partial charge in [0.1, 0.15) is 0 Å². The summed E-state index contributed by atoms with van der Waals surface area (Å²) in [5.74, 6) is 0. The van der Waals surface area contributed by atoms with Crippen molar-refractivity contribution in [2.75, 3.05) is 0 Å². The molecule has 0 aliphatic rings. The summed E-state index contributed by atoms with van der Waals surface area (Å²) >= 11 is 0.